The van der Waals surface area contributed by atoms with Gasteiger partial charge in [0.25, 0.3) is 0 Å². The molecule has 2 rings (SSSR count). The Kier molecular flexibility index (Phi) is 2.30. The first-order valence-electron chi connectivity index (χ1n) is 4.48. The molecule has 0 aromatic heterocycles. The minimum absolute atomic E-state index is 0.177. The van der Waals surface area contributed by atoms with Crippen molar-refractivity contribution in [1.29, 1.82) is 0 Å². The van der Waals surface area contributed by atoms with Crippen LogP contribution in [0.3, 0.4) is 0 Å². The number of benzene rings is 1. The molecule has 3 nitrogen and oxygen atoms in total. The zero-order valence-corrected chi connectivity index (χ0v) is 7.96. The summed E-state index contributed by atoms with van der Waals surface area (Å²) in [7, 11) is 0. The van der Waals surface area contributed by atoms with Crippen molar-refractivity contribution in [3.63, 3.8) is 0 Å². The monoisotopic (exact) mass is 204 g/mol. The second kappa shape index (κ2) is 3.62. The number of nitrogens with one attached hydrogen (secondary N) is 1. The van der Waals surface area contributed by atoms with Crippen molar-refractivity contribution in [3.8, 4) is 12.3 Å². The van der Waals surface area contributed by atoms with E-state index in [0.717, 1.165) is 5.69 Å². The maximum absolute atomic E-state index is 12.9. The van der Waals surface area contributed by atoms with E-state index in [4.69, 9.17) is 6.42 Å². The molecule has 0 unspecified atom stereocenters. The van der Waals surface area contributed by atoms with Gasteiger partial charge in [0.1, 0.15) is 5.82 Å². The fourth-order valence-electron chi connectivity index (χ4n) is 1.58. The number of carbonyl (C=O) groups excluding carboxylic acids is 1. The minimum atomic E-state index is -0.378. The van der Waals surface area contributed by atoms with Crippen molar-refractivity contribution in [2.45, 2.75) is 0 Å². The highest BCUT2D eigenvalue weighted by Crippen LogP contribution is 2.29. The van der Waals surface area contributed by atoms with Crippen LogP contribution in [0.4, 0.5) is 15.8 Å². The molecule has 0 spiro atoms. The van der Waals surface area contributed by atoms with Gasteiger partial charge in [0.2, 0.25) is 5.91 Å². The molecule has 0 radical (unpaired) electrons. The number of fused-ring (bicyclic) bond motifs is 1. The number of halogens is 1. The van der Waals surface area contributed by atoms with E-state index in [-0.39, 0.29) is 18.3 Å². The van der Waals surface area contributed by atoms with Crippen molar-refractivity contribution < 1.29 is 9.18 Å². The fraction of sp³-hybridized carbons (Fsp3) is 0.182. The van der Waals surface area contributed by atoms with Gasteiger partial charge in [-0.2, -0.15) is 0 Å². The van der Waals surface area contributed by atoms with Gasteiger partial charge in [0.15, 0.2) is 0 Å². The van der Waals surface area contributed by atoms with Crippen LogP contribution in [0.1, 0.15) is 0 Å². The van der Waals surface area contributed by atoms with E-state index in [0.29, 0.717) is 12.2 Å². The summed E-state index contributed by atoms with van der Waals surface area (Å²) in [5, 5.41) is 2.60. The van der Waals surface area contributed by atoms with Crippen LogP contribution >= 0.6 is 0 Å². The second-order valence-electron chi connectivity index (χ2n) is 3.27. The Balaban J connectivity index is 2.42. The zero-order chi connectivity index (χ0) is 10.8. The number of amides is 1. The van der Waals surface area contributed by atoms with Gasteiger partial charge in [-0.05, 0) is 18.2 Å². The summed E-state index contributed by atoms with van der Waals surface area (Å²) >= 11 is 0. The molecule has 0 fully saturated rings. The third-order valence-electron chi connectivity index (χ3n) is 2.19. The van der Waals surface area contributed by atoms with E-state index in [1.807, 2.05) is 0 Å². The molecule has 1 heterocycles. The quantitative estimate of drug-likeness (QED) is 0.697. The van der Waals surface area contributed by atoms with Crippen LogP contribution in [0.2, 0.25) is 0 Å². The molecular weight excluding hydrogens is 195 g/mol. The van der Waals surface area contributed by atoms with Crippen LogP contribution in [0.15, 0.2) is 18.2 Å². The topological polar surface area (TPSA) is 32.3 Å². The molecule has 0 aliphatic carbocycles. The summed E-state index contributed by atoms with van der Waals surface area (Å²) in [5.41, 5.74) is 1.23. The smallest absolute Gasteiger partial charge is 0.243 e. The summed E-state index contributed by atoms with van der Waals surface area (Å²) in [6.45, 7) is 0.550. The molecule has 0 atom stereocenters. The van der Waals surface area contributed by atoms with Crippen molar-refractivity contribution in [1.82, 2.24) is 0 Å². The third kappa shape index (κ3) is 1.77. The molecule has 1 amide bonds. The number of terminal acetylenes is 1. The number of rotatable bonds is 1. The predicted octanol–water partition coefficient (Wildman–Crippen LogP) is 1.22. The Hall–Kier alpha value is -2.02. The zero-order valence-electron chi connectivity index (χ0n) is 7.96. The molecule has 1 aromatic rings. The average molecular weight is 204 g/mol. The van der Waals surface area contributed by atoms with Crippen LogP contribution in [0, 0.1) is 18.2 Å². The Bertz CT molecular complexity index is 450. The fourth-order valence-corrected chi connectivity index (χ4v) is 1.58. The van der Waals surface area contributed by atoms with Gasteiger partial charge in [-0.1, -0.05) is 5.92 Å². The molecule has 4 heteroatoms. The van der Waals surface area contributed by atoms with E-state index in [2.05, 4.69) is 11.2 Å². The third-order valence-corrected chi connectivity index (χ3v) is 2.19. The number of carbonyl (C=O) groups is 1. The van der Waals surface area contributed by atoms with Gasteiger partial charge in [-0.15, -0.1) is 6.42 Å². The lowest BCUT2D eigenvalue weighted by Gasteiger charge is -2.29. The second-order valence-corrected chi connectivity index (χ2v) is 3.27. The first-order chi connectivity index (χ1) is 7.20. The van der Waals surface area contributed by atoms with Gasteiger partial charge in [-0.25, -0.2) is 4.39 Å². The Morgan fingerprint density at radius 2 is 2.40 bits per heavy atom. The van der Waals surface area contributed by atoms with E-state index in [1.165, 1.54) is 12.1 Å². The van der Waals surface area contributed by atoms with Crippen molar-refractivity contribution >= 4 is 17.3 Å². The van der Waals surface area contributed by atoms with Crippen molar-refractivity contribution in [2.24, 2.45) is 0 Å². The van der Waals surface area contributed by atoms with E-state index in [1.54, 1.807) is 11.0 Å². The molecule has 1 N–H and O–H groups in total. The van der Waals surface area contributed by atoms with E-state index in [9.17, 15) is 9.18 Å². The van der Waals surface area contributed by atoms with E-state index >= 15 is 0 Å². The summed E-state index contributed by atoms with van der Waals surface area (Å²) in [6, 6.07) is 4.25. The Morgan fingerprint density at radius 1 is 1.60 bits per heavy atom. The van der Waals surface area contributed by atoms with Gasteiger partial charge in [0.05, 0.1) is 24.5 Å². The lowest BCUT2D eigenvalue weighted by molar-refractivity contribution is -0.115. The van der Waals surface area contributed by atoms with E-state index < -0.39 is 0 Å². The first kappa shape index (κ1) is 9.53. The predicted molar refractivity (Wildman–Crippen MR) is 56.1 cm³/mol. The SMILES string of the molecule is C#CCN1CC(=O)Nc2cc(F)ccc21. The number of anilines is 2. The number of hydrogen-bond donors (Lipinski definition) is 1. The lowest BCUT2D eigenvalue weighted by atomic mass is 10.2. The maximum atomic E-state index is 12.9. The first-order valence-corrected chi connectivity index (χ1v) is 4.48. The summed E-state index contributed by atoms with van der Waals surface area (Å²) < 4.78 is 12.9. The summed E-state index contributed by atoms with van der Waals surface area (Å²) in [6.07, 6.45) is 5.19. The Labute approximate surface area is 86.9 Å². The number of nitrogens with zero attached hydrogens (tertiary/aromatic N) is 1. The standard InChI is InChI=1S/C11H9FN2O/c1-2-5-14-7-11(15)13-9-6-8(12)3-4-10(9)14/h1,3-4,6H,5,7H2,(H,13,15). The number of hydrogen-bond acceptors (Lipinski definition) is 2. The van der Waals surface area contributed by atoms with Crippen LogP contribution in [-0.4, -0.2) is 19.0 Å². The minimum Gasteiger partial charge on any atom is -0.349 e. The maximum Gasteiger partial charge on any atom is 0.243 e. The van der Waals surface area contributed by atoms with Gasteiger partial charge < -0.3 is 10.2 Å². The van der Waals surface area contributed by atoms with Gasteiger partial charge >= 0.3 is 0 Å². The molecule has 1 aliphatic rings. The molecule has 0 saturated heterocycles. The van der Waals surface area contributed by atoms with Crippen LogP contribution in [-0.2, 0) is 4.79 Å². The molecular formula is C11H9FN2O. The van der Waals surface area contributed by atoms with Gasteiger partial charge in [-0.3, -0.25) is 4.79 Å². The van der Waals surface area contributed by atoms with Crippen LogP contribution in [0.25, 0.3) is 0 Å². The highest BCUT2D eigenvalue weighted by molar-refractivity contribution is 6.01. The lowest BCUT2D eigenvalue weighted by Crippen LogP contribution is -2.38. The Morgan fingerprint density at radius 3 is 3.13 bits per heavy atom. The normalized spacial score (nSPS) is 14.1. The van der Waals surface area contributed by atoms with Crippen molar-refractivity contribution in [3.05, 3.63) is 24.0 Å². The molecule has 0 bridgehead atoms. The molecule has 15 heavy (non-hydrogen) atoms. The highest BCUT2D eigenvalue weighted by atomic mass is 19.1. The van der Waals surface area contributed by atoms with Crippen LogP contribution < -0.4 is 10.2 Å². The summed E-state index contributed by atoms with van der Waals surface area (Å²) in [4.78, 5) is 13.0. The molecule has 0 saturated carbocycles. The average Bonchev–Trinajstić information content (AvgIpc) is 2.17. The van der Waals surface area contributed by atoms with Gasteiger partial charge in [0, 0.05) is 0 Å². The largest absolute Gasteiger partial charge is 0.349 e. The molecule has 1 aromatic carbocycles. The summed E-state index contributed by atoms with van der Waals surface area (Å²) in [5.74, 6) is 1.91. The molecule has 1 aliphatic heterocycles. The molecule has 76 valence electrons. The highest BCUT2D eigenvalue weighted by Gasteiger charge is 2.21. The van der Waals surface area contributed by atoms with Crippen LogP contribution in [0.5, 0.6) is 0 Å². The van der Waals surface area contributed by atoms with Crippen molar-refractivity contribution in [2.75, 3.05) is 23.3 Å².